The molecule has 0 saturated carbocycles. The van der Waals surface area contributed by atoms with Crippen LogP contribution in [0.15, 0.2) is 30.5 Å². The molecule has 0 saturated heterocycles. The van der Waals surface area contributed by atoms with Crippen molar-refractivity contribution in [1.29, 1.82) is 0 Å². The fraction of sp³-hybridized carbons (Fsp3) is 0.429. The molecule has 0 fully saturated rings. The SMILES string of the molecule is CCC(C)[C@@H](N)c1cn(C)c2ccccc12. The Kier molecular flexibility index (Phi) is 3.01. The van der Waals surface area contributed by atoms with Crippen LogP contribution >= 0.6 is 0 Å². The molecule has 86 valence electrons. The van der Waals surface area contributed by atoms with Gasteiger partial charge in [-0.05, 0) is 17.5 Å². The summed E-state index contributed by atoms with van der Waals surface area (Å²) in [6.07, 6.45) is 3.28. The number of aromatic nitrogens is 1. The minimum atomic E-state index is 0.135. The molecule has 0 bridgehead atoms. The zero-order chi connectivity index (χ0) is 11.7. The molecule has 0 aliphatic heterocycles. The van der Waals surface area contributed by atoms with Crippen LogP contribution in [0.1, 0.15) is 31.9 Å². The first kappa shape index (κ1) is 11.2. The molecule has 0 amide bonds. The standard InChI is InChI=1S/C14H20N2/c1-4-10(2)14(15)12-9-16(3)13-8-6-5-7-11(12)13/h5-10,14H,4,15H2,1-3H3/t10?,14-/m1/s1. The van der Waals surface area contributed by atoms with Gasteiger partial charge in [0.2, 0.25) is 0 Å². The smallest absolute Gasteiger partial charge is 0.0481 e. The first-order valence-electron chi connectivity index (χ1n) is 5.94. The molecule has 1 aromatic heterocycles. The number of benzene rings is 1. The molecule has 16 heavy (non-hydrogen) atoms. The molecule has 0 aliphatic carbocycles. The lowest BCUT2D eigenvalue weighted by atomic mass is 9.93. The molecule has 0 radical (unpaired) electrons. The van der Waals surface area contributed by atoms with Gasteiger partial charge < -0.3 is 10.3 Å². The topological polar surface area (TPSA) is 30.9 Å². The second-order valence-electron chi connectivity index (χ2n) is 4.62. The van der Waals surface area contributed by atoms with Crippen LogP contribution in [0.5, 0.6) is 0 Å². The van der Waals surface area contributed by atoms with Crippen molar-refractivity contribution >= 4 is 10.9 Å². The quantitative estimate of drug-likeness (QED) is 0.839. The molecule has 2 rings (SSSR count). The lowest BCUT2D eigenvalue weighted by Gasteiger charge is -2.17. The van der Waals surface area contributed by atoms with Crippen molar-refractivity contribution in [2.24, 2.45) is 18.7 Å². The van der Waals surface area contributed by atoms with Crippen LogP contribution in [0.25, 0.3) is 10.9 Å². The second-order valence-corrected chi connectivity index (χ2v) is 4.62. The van der Waals surface area contributed by atoms with Gasteiger partial charge in [0.1, 0.15) is 0 Å². The zero-order valence-electron chi connectivity index (χ0n) is 10.3. The van der Waals surface area contributed by atoms with Crippen LogP contribution in [0.4, 0.5) is 0 Å². The molecular formula is C14H20N2. The van der Waals surface area contributed by atoms with E-state index in [0.29, 0.717) is 5.92 Å². The van der Waals surface area contributed by atoms with E-state index in [2.05, 4.69) is 55.9 Å². The maximum atomic E-state index is 6.32. The first-order chi connectivity index (χ1) is 7.65. The monoisotopic (exact) mass is 216 g/mol. The fourth-order valence-corrected chi connectivity index (χ4v) is 2.20. The minimum absolute atomic E-state index is 0.135. The normalized spacial score (nSPS) is 15.2. The van der Waals surface area contributed by atoms with Gasteiger partial charge in [-0.15, -0.1) is 0 Å². The highest BCUT2D eigenvalue weighted by molar-refractivity contribution is 5.84. The van der Waals surface area contributed by atoms with Crippen LogP contribution in [0, 0.1) is 5.92 Å². The van der Waals surface area contributed by atoms with E-state index < -0.39 is 0 Å². The summed E-state index contributed by atoms with van der Waals surface area (Å²) < 4.78 is 2.16. The molecule has 0 aliphatic rings. The van der Waals surface area contributed by atoms with Crippen LogP contribution in [-0.4, -0.2) is 4.57 Å². The Morgan fingerprint density at radius 2 is 2.00 bits per heavy atom. The maximum Gasteiger partial charge on any atom is 0.0481 e. The van der Waals surface area contributed by atoms with E-state index in [1.807, 2.05) is 0 Å². The fourth-order valence-electron chi connectivity index (χ4n) is 2.20. The van der Waals surface area contributed by atoms with Gasteiger partial charge >= 0.3 is 0 Å². The summed E-state index contributed by atoms with van der Waals surface area (Å²) in [5.74, 6) is 0.519. The third kappa shape index (κ3) is 1.74. The zero-order valence-corrected chi connectivity index (χ0v) is 10.3. The minimum Gasteiger partial charge on any atom is -0.350 e. The Hall–Kier alpha value is -1.28. The second kappa shape index (κ2) is 4.30. The Morgan fingerprint density at radius 3 is 2.69 bits per heavy atom. The van der Waals surface area contributed by atoms with Crippen molar-refractivity contribution < 1.29 is 0 Å². The number of fused-ring (bicyclic) bond motifs is 1. The number of rotatable bonds is 3. The highest BCUT2D eigenvalue weighted by Gasteiger charge is 2.17. The van der Waals surface area contributed by atoms with Crippen molar-refractivity contribution in [1.82, 2.24) is 4.57 Å². The number of hydrogen-bond donors (Lipinski definition) is 1. The Balaban J connectivity index is 2.52. The molecule has 2 heteroatoms. The molecule has 2 aromatic rings. The van der Waals surface area contributed by atoms with E-state index in [9.17, 15) is 0 Å². The molecular weight excluding hydrogens is 196 g/mol. The van der Waals surface area contributed by atoms with E-state index in [0.717, 1.165) is 6.42 Å². The van der Waals surface area contributed by atoms with Crippen molar-refractivity contribution in [2.75, 3.05) is 0 Å². The third-order valence-electron chi connectivity index (χ3n) is 3.54. The molecule has 2 atom stereocenters. The summed E-state index contributed by atoms with van der Waals surface area (Å²) in [4.78, 5) is 0. The third-order valence-corrected chi connectivity index (χ3v) is 3.54. The van der Waals surface area contributed by atoms with Gasteiger partial charge in [0.25, 0.3) is 0 Å². The van der Waals surface area contributed by atoms with Gasteiger partial charge in [-0.1, -0.05) is 38.5 Å². The number of nitrogens with two attached hydrogens (primary N) is 1. The van der Waals surface area contributed by atoms with Gasteiger partial charge in [-0.25, -0.2) is 0 Å². The van der Waals surface area contributed by atoms with Crippen LogP contribution in [-0.2, 0) is 7.05 Å². The number of para-hydroxylation sites is 1. The van der Waals surface area contributed by atoms with Gasteiger partial charge in [0, 0.05) is 30.2 Å². The average molecular weight is 216 g/mol. The lowest BCUT2D eigenvalue weighted by molar-refractivity contribution is 0.458. The molecule has 0 spiro atoms. The Labute approximate surface area is 97.1 Å². The number of nitrogens with zero attached hydrogens (tertiary/aromatic N) is 1. The van der Waals surface area contributed by atoms with Gasteiger partial charge in [0.15, 0.2) is 0 Å². The average Bonchev–Trinajstić information content (AvgIpc) is 2.65. The maximum absolute atomic E-state index is 6.32. The van der Waals surface area contributed by atoms with Crippen LogP contribution < -0.4 is 5.73 Å². The van der Waals surface area contributed by atoms with Crippen molar-refractivity contribution in [3.8, 4) is 0 Å². The summed E-state index contributed by atoms with van der Waals surface area (Å²) in [5.41, 5.74) is 8.85. The summed E-state index contributed by atoms with van der Waals surface area (Å²) >= 11 is 0. The highest BCUT2D eigenvalue weighted by atomic mass is 14.9. The predicted octanol–water partition coefficient (Wildman–Crippen LogP) is 3.22. The molecule has 2 nitrogen and oxygen atoms in total. The summed E-state index contributed by atoms with van der Waals surface area (Å²) in [5, 5.41) is 1.29. The molecule has 1 unspecified atom stereocenters. The van der Waals surface area contributed by atoms with Crippen molar-refractivity contribution in [3.63, 3.8) is 0 Å². The van der Waals surface area contributed by atoms with E-state index in [4.69, 9.17) is 5.73 Å². The highest BCUT2D eigenvalue weighted by Crippen LogP contribution is 2.29. The van der Waals surface area contributed by atoms with Gasteiger partial charge in [-0.3, -0.25) is 0 Å². The largest absolute Gasteiger partial charge is 0.350 e. The number of aryl methyl sites for hydroxylation is 1. The lowest BCUT2D eigenvalue weighted by Crippen LogP contribution is -2.18. The van der Waals surface area contributed by atoms with Crippen LogP contribution in [0.3, 0.4) is 0 Å². The predicted molar refractivity (Wildman–Crippen MR) is 69.3 cm³/mol. The first-order valence-corrected chi connectivity index (χ1v) is 5.94. The Morgan fingerprint density at radius 1 is 1.31 bits per heavy atom. The number of hydrogen-bond acceptors (Lipinski definition) is 1. The summed E-state index contributed by atoms with van der Waals surface area (Å²) in [6.45, 7) is 4.40. The molecule has 2 N–H and O–H groups in total. The van der Waals surface area contributed by atoms with Crippen LogP contribution in [0.2, 0.25) is 0 Å². The van der Waals surface area contributed by atoms with Crippen molar-refractivity contribution in [2.45, 2.75) is 26.3 Å². The van der Waals surface area contributed by atoms with E-state index in [-0.39, 0.29) is 6.04 Å². The van der Waals surface area contributed by atoms with Gasteiger partial charge in [0.05, 0.1) is 0 Å². The van der Waals surface area contributed by atoms with E-state index >= 15 is 0 Å². The Bertz CT molecular complexity index is 484. The van der Waals surface area contributed by atoms with Gasteiger partial charge in [-0.2, -0.15) is 0 Å². The summed E-state index contributed by atoms with van der Waals surface area (Å²) in [6, 6.07) is 8.58. The van der Waals surface area contributed by atoms with E-state index in [1.165, 1.54) is 16.5 Å². The molecule has 1 heterocycles. The van der Waals surface area contributed by atoms with Crippen molar-refractivity contribution in [3.05, 3.63) is 36.0 Å². The molecule has 1 aromatic carbocycles. The van der Waals surface area contributed by atoms with E-state index in [1.54, 1.807) is 0 Å². The summed E-state index contributed by atoms with van der Waals surface area (Å²) in [7, 11) is 2.08.